The summed E-state index contributed by atoms with van der Waals surface area (Å²) in [5, 5.41) is 11.6. The van der Waals surface area contributed by atoms with E-state index in [9.17, 15) is 24.3 Å². The monoisotopic (exact) mass is 562 g/mol. The average Bonchev–Trinajstić information content (AvgIpc) is 3.59. The van der Waals surface area contributed by atoms with Gasteiger partial charge in [0.15, 0.2) is 0 Å². The van der Waals surface area contributed by atoms with E-state index in [0.717, 1.165) is 0 Å². The third kappa shape index (κ3) is 8.84. The van der Waals surface area contributed by atoms with Gasteiger partial charge in [-0.05, 0) is 24.6 Å². The minimum atomic E-state index is -1.26. The van der Waals surface area contributed by atoms with Crippen molar-refractivity contribution in [1.29, 1.82) is 0 Å². The predicted molar refractivity (Wildman–Crippen MR) is 131 cm³/mol. The molecule has 37 heavy (non-hydrogen) atoms. The van der Waals surface area contributed by atoms with Crippen LogP contribution < -0.4 is 0 Å². The fourth-order valence-corrected chi connectivity index (χ4v) is 3.77. The van der Waals surface area contributed by atoms with Crippen LogP contribution in [0.4, 0.5) is 0 Å². The first-order valence-corrected chi connectivity index (χ1v) is 12.5. The summed E-state index contributed by atoms with van der Waals surface area (Å²) in [4.78, 5) is 48.5. The molecule has 1 aromatic carbocycles. The van der Waals surface area contributed by atoms with Crippen molar-refractivity contribution in [3.63, 3.8) is 0 Å². The molecule has 0 aliphatic heterocycles. The third-order valence-electron chi connectivity index (χ3n) is 5.74. The molecule has 0 spiro atoms. The molecular formula is C25H32Cl2O10. The quantitative estimate of drug-likeness (QED) is 0.281. The molecule has 206 valence electrons. The number of aliphatic hydroxyl groups is 1. The molecule has 4 atom stereocenters. The predicted octanol–water partition coefficient (Wildman–Crippen LogP) is 3.52. The van der Waals surface area contributed by atoms with E-state index in [1.807, 2.05) is 0 Å². The Morgan fingerprint density at radius 1 is 0.811 bits per heavy atom. The van der Waals surface area contributed by atoms with E-state index in [1.165, 1.54) is 0 Å². The molecule has 0 heterocycles. The second kappa shape index (κ2) is 13.9. The standard InChI is InChI=1S/C25H32Cl2O10/c1-12(2)22(29)34-10-36-24(31)19-18(20(19)25(32)37-11-35-23(30)13(3)4)21(28)14(5)33-9-15-6-7-16(26)17(27)8-15/h6-8,12-14,18-21,28H,9-11H2,1-5H3/t14-,19-,20-,21+/m0/s1. The first-order valence-electron chi connectivity index (χ1n) is 11.7. The number of rotatable bonds is 13. The summed E-state index contributed by atoms with van der Waals surface area (Å²) in [7, 11) is 0. The molecule has 1 aromatic rings. The minimum absolute atomic E-state index is 0.0857. The Balaban J connectivity index is 2.02. The zero-order chi connectivity index (χ0) is 27.9. The first kappa shape index (κ1) is 30.8. The Kier molecular flexibility index (Phi) is 11.6. The van der Waals surface area contributed by atoms with Crippen molar-refractivity contribution in [2.45, 2.75) is 53.4 Å². The molecule has 1 aliphatic carbocycles. The molecule has 0 amide bonds. The Bertz CT molecular complexity index is 936. The Hall–Kier alpha value is -2.40. The summed E-state index contributed by atoms with van der Waals surface area (Å²) in [6.07, 6.45) is -2.06. The molecule has 10 nitrogen and oxygen atoms in total. The van der Waals surface area contributed by atoms with E-state index in [1.54, 1.807) is 52.8 Å². The lowest BCUT2D eigenvalue weighted by Gasteiger charge is -2.20. The van der Waals surface area contributed by atoms with Crippen LogP contribution in [0.1, 0.15) is 40.2 Å². The van der Waals surface area contributed by atoms with E-state index in [0.29, 0.717) is 15.6 Å². The van der Waals surface area contributed by atoms with Gasteiger partial charge >= 0.3 is 23.9 Å². The number of carbonyl (C=O) groups excluding carboxylic acids is 4. The van der Waals surface area contributed by atoms with Gasteiger partial charge in [0.1, 0.15) is 0 Å². The van der Waals surface area contributed by atoms with Gasteiger partial charge in [-0.1, -0.05) is 57.0 Å². The van der Waals surface area contributed by atoms with Crippen molar-refractivity contribution >= 4 is 47.1 Å². The van der Waals surface area contributed by atoms with E-state index in [2.05, 4.69) is 0 Å². The molecule has 0 radical (unpaired) electrons. The highest BCUT2D eigenvalue weighted by Gasteiger charge is 2.64. The molecule has 1 aliphatic rings. The SMILES string of the molecule is CC(C)C(=O)OCOC(=O)[C@H]1C([C@H](O)[C@H](C)OCc2ccc(Cl)c(Cl)c2)[C@@H]1C(=O)OCOC(=O)C(C)C. The zero-order valence-electron chi connectivity index (χ0n) is 21.3. The largest absolute Gasteiger partial charge is 0.428 e. The molecule has 2 rings (SSSR count). The van der Waals surface area contributed by atoms with Crippen LogP contribution in [0.25, 0.3) is 0 Å². The number of ether oxygens (including phenoxy) is 5. The van der Waals surface area contributed by atoms with Gasteiger partial charge in [-0.25, -0.2) is 0 Å². The lowest BCUT2D eigenvalue weighted by atomic mass is 10.1. The van der Waals surface area contributed by atoms with Crippen LogP contribution in [0, 0.1) is 29.6 Å². The van der Waals surface area contributed by atoms with Gasteiger partial charge in [0.2, 0.25) is 13.6 Å². The number of aliphatic hydroxyl groups excluding tert-OH is 1. The minimum Gasteiger partial charge on any atom is -0.428 e. The molecule has 1 fully saturated rings. The van der Waals surface area contributed by atoms with E-state index >= 15 is 0 Å². The summed E-state index contributed by atoms with van der Waals surface area (Å²) < 4.78 is 25.4. The van der Waals surface area contributed by atoms with Crippen molar-refractivity contribution < 1.29 is 48.0 Å². The fraction of sp³-hybridized carbons (Fsp3) is 0.600. The van der Waals surface area contributed by atoms with Crippen molar-refractivity contribution in [2.75, 3.05) is 13.6 Å². The highest BCUT2D eigenvalue weighted by Crippen LogP contribution is 2.51. The van der Waals surface area contributed by atoms with Crippen molar-refractivity contribution in [1.82, 2.24) is 0 Å². The molecule has 0 aromatic heterocycles. The summed E-state index contributed by atoms with van der Waals surface area (Å²) in [5.74, 6) is -6.70. The van der Waals surface area contributed by atoms with Crippen LogP contribution in [-0.4, -0.2) is 54.8 Å². The van der Waals surface area contributed by atoms with Gasteiger partial charge in [0.25, 0.3) is 0 Å². The maximum absolute atomic E-state index is 12.6. The van der Waals surface area contributed by atoms with Crippen LogP contribution >= 0.6 is 23.2 Å². The van der Waals surface area contributed by atoms with Crippen molar-refractivity contribution in [2.24, 2.45) is 29.6 Å². The van der Waals surface area contributed by atoms with Crippen LogP contribution in [0.2, 0.25) is 10.0 Å². The van der Waals surface area contributed by atoms with Crippen LogP contribution in [-0.2, 0) is 49.5 Å². The van der Waals surface area contributed by atoms with E-state index in [-0.39, 0.29) is 6.61 Å². The lowest BCUT2D eigenvalue weighted by Crippen LogP contribution is -2.30. The van der Waals surface area contributed by atoms with Gasteiger partial charge in [-0.2, -0.15) is 0 Å². The number of carbonyl (C=O) groups is 4. The van der Waals surface area contributed by atoms with Crippen LogP contribution in [0.3, 0.4) is 0 Å². The highest BCUT2D eigenvalue weighted by atomic mass is 35.5. The highest BCUT2D eigenvalue weighted by molar-refractivity contribution is 6.42. The smallest absolute Gasteiger partial charge is 0.313 e. The molecule has 0 unspecified atom stereocenters. The molecule has 1 saturated carbocycles. The van der Waals surface area contributed by atoms with E-state index in [4.69, 9.17) is 46.9 Å². The Morgan fingerprint density at radius 3 is 1.73 bits per heavy atom. The van der Waals surface area contributed by atoms with Gasteiger partial charge in [-0.3, -0.25) is 19.2 Å². The Labute approximate surface area is 225 Å². The average molecular weight is 563 g/mol. The third-order valence-corrected chi connectivity index (χ3v) is 6.48. The van der Waals surface area contributed by atoms with Crippen LogP contribution in [0.15, 0.2) is 18.2 Å². The molecule has 12 heteroatoms. The number of esters is 4. The summed E-state index contributed by atoms with van der Waals surface area (Å²) in [5.41, 5.74) is 0.704. The van der Waals surface area contributed by atoms with Crippen molar-refractivity contribution in [3.05, 3.63) is 33.8 Å². The van der Waals surface area contributed by atoms with Gasteiger partial charge < -0.3 is 28.8 Å². The zero-order valence-corrected chi connectivity index (χ0v) is 22.8. The van der Waals surface area contributed by atoms with Crippen LogP contribution in [0.5, 0.6) is 0 Å². The maximum atomic E-state index is 12.6. The maximum Gasteiger partial charge on any atom is 0.313 e. The van der Waals surface area contributed by atoms with Gasteiger partial charge in [-0.15, -0.1) is 0 Å². The number of halogens is 2. The second-order valence-electron chi connectivity index (χ2n) is 9.28. The Morgan fingerprint density at radius 2 is 1.30 bits per heavy atom. The molecule has 0 bridgehead atoms. The fourth-order valence-electron chi connectivity index (χ4n) is 3.45. The topological polar surface area (TPSA) is 135 Å². The molecular weight excluding hydrogens is 531 g/mol. The van der Waals surface area contributed by atoms with Gasteiger partial charge in [0, 0.05) is 5.92 Å². The number of hydrogen-bond acceptors (Lipinski definition) is 10. The first-order chi connectivity index (χ1) is 17.3. The molecule has 1 N–H and O–H groups in total. The summed E-state index contributed by atoms with van der Waals surface area (Å²) >= 11 is 11.9. The number of hydrogen-bond donors (Lipinski definition) is 1. The van der Waals surface area contributed by atoms with E-state index < -0.39 is 79.3 Å². The van der Waals surface area contributed by atoms with Crippen molar-refractivity contribution in [3.8, 4) is 0 Å². The normalized spacial score (nSPS) is 20.2. The second-order valence-corrected chi connectivity index (χ2v) is 10.1. The summed E-state index contributed by atoms with van der Waals surface area (Å²) in [6, 6.07) is 4.94. The lowest BCUT2D eigenvalue weighted by molar-refractivity contribution is -0.175. The number of benzene rings is 1. The summed E-state index contributed by atoms with van der Waals surface area (Å²) in [6.45, 7) is 6.88. The van der Waals surface area contributed by atoms with Gasteiger partial charge in [0.05, 0.1) is 52.5 Å². The molecule has 0 saturated heterocycles.